The molecule has 1 aromatic heterocycles. The normalized spacial score (nSPS) is 13.6. The van der Waals surface area contributed by atoms with Crippen LogP contribution >= 0.6 is 11.3 Å². The van der Waals surface area contributed by atoms with Crippen LogP contribution < -0.4 is 11.5 Å². The average molecular weight is 254 g/mol. The predicted octanol–water partition coefficient (Wildman–Crippen LogP) is 2.97. The highest BCUT2D eigenvalue weighted by molar-refractivity contribution is 7.12. The highest BCUT2D eigenvalue weighted by Gasteiger charge is 2.14. The highest BCUT2D eigenvalue weighted by atomic mass is 32.1. The summed E-state index contributed by atoms with van der Waals surface area (Å²) in [6.07, 6.45) is 2.29. The first-order chi connectivity index (χ1) is 8.06. The molecule has 1 atom stereocenters. The molecule has 4 N–H and O–H groups in total. The zero-order valence-corrected chi connectivity index (χ0v) is 12.1. The zero-order valence-electron chi connectivity index (χ0n) is 11.3. The summed E-state index contributed by atoms with van der Waals surface area (Å²) in [5.41, 5.74) is 11.4. The maximum absolute atomic E-state index is 5.70. The van der Waals surface area contributed by atoms with Crippen molar-refractivity contribution in [1.82, 2.24) is 0 Å². The maximum atomic E-state index is 5.70. The van der Waals surface area contributed by atoms with Crippen LogP contribution in [0, 0.1) is 11.8 Å². The second kappa shape index (κ2) is 7.14. The number of hydrogen-bond donors (Lipinski definition) is 2. The molecular formula is C14H26N2S. The van der Waals surface area contributed by atoms with Crippen molar-refractivity contribution in [2.24, 2.45) is 23.3 Å². The molecule has 0 saturated carbocycles. The lowest BCUT2D eigenvalue weighted by molar-refractivity contribution is 0.468. The summed E-state index contributed by atoms with van der Waals surface area (Å²) < 4.78 is 0. The SMILES string of the molecule is CC(C)Cc1ccc(C(C)CC(CN)CN)s1. The van der Waals surface area contributed by atoms with E-state index in [0.29, 0.717) is 24.9 Å². The van der Waals surface area contributed by atoms with E-state index in [0.717, 1.165) is 12.3 Å². The lowest BCUT2D eigenvalue weighted by atomic mass is 9.95. The van der Waals surface area contributed by atoms with Gasteiger partial charge in [-0.2, -0.15) is 0 Å². The van der Waals surface area contributed by atoms with Crippen LogP contribution in [0.15, 0.2) is 12.1 Å². The summed E-state index contributed by atoms with van der Waals surface area (Å²) in [5, 5.41) is 0. The molecule has 1 rings (SSSR count). The summed E-state index contributed by atoms with van der Waals surface area (Å²) in [4.78, 5) is 2.98. The van der Waals surface area contributed by atoms with Crippen molar-refractivity contribution < 1.29 is 0 Å². The van der Waals surface area contributed by atoms with Crippen molar-refractivity contribution in [3.63, 3.8) is 0 Å². The Hall–Kier alpha value is -0.380. The minimum absolute atomic E-state index is 0.459. The molecule has 1 aromatic rings. The molecule has 2 nitrogen and oxygen atoms in total. The molecule has 0 aliphatic heterocycles. The fourth-order valence-corrected chi connectivity index (χ4v) is 3.37. The molecule has 17 heavy (non-hydrogen) atoms. The third-order valence-electron chi connectivity index (χ3n) is 3.13. The van der Waals surface area contributed by atoms with Gasteiger partial charge in [-0.3, -0.25) is 0 Å². The Kier molecular flexibility index (Phi) is 6.17. The van der Waals surface area contributed by atoms with Crippen molar-refractivity contribution in [1.29, 1.82) is 0 Å². The minimum Gasteiger partial charge on any atom is -0.330 e. The molecule has 1 unspecified atom stereocenters. The first-order valence-corrected chi connectivity index (χ1v) is 7.37. The third kappa shape index (κ3) is 4.78. The molecule has 0 spiro atoms. The van der Waals surface area contributed by atoms with Gasteiger partial charge in [0.05, 0.1) is 0 Å². The molecule has 0 fully saturated rings. The van der Waals surface area contributed by atoms with Crippen molar-refractivity contribution in [3.8, 4) is 0 Å². The molecular weight excluding hydrogens is 228 g/mol. The van der Waals surface area contributed by atoms with Crippen LogP contribution in [0.5, 0.6) is 0 Å². The van der Waals surface area contributed by atoms with E-state index in [1.165, 1.54) is 16.2 Å². The Bertz CT molecular complexity index is 316. The summed E-state index contributed by atoms with van der Waals surface area (Å²) in [5.74, 6) is 1.77. The van der Waals surface area contributed by atoms with Gasteiger partial charge in [0.25, 0.3) is 0 Å². The number of nitrogens with two attached hydrogens (primary N) is 2. The lowest BCUT2D eigenvalue weighted by Gasteiger charge is -2.16. The van der Waals surface area contributed by atoms with Gasteiger partial charge in [0.1, 0.15) is 0 Å². The van der Waals surface area contributed by atoms with Crippen molar-refractivity contribution in [3.05, 3.63) is 21.9 Å². The first kappa shape index (κ1) is 14.7. The number of rotatable bonds is 7. The molecule has 98 valence electrons. The summed E-state index contributed by atoms with van der Waals surface area (Å²) >= 11 is 1.95. The Labute approximate surface area is 109 Å². The van der Waals surface area contributed by atoms with E-state index in [1.54, 1.807) is 0 Å². The number of hydrogen-bond acceptors (Lipinski definition) is 3. The Morgan fingerprint density at radius 2 is 1.76 bits per heavy atom. The first-order valence-electron chi connectivity index (χ1n) is 6.55. The van der Waals surface area contributed by atoms with Gasteiger partial charge in [-0.1, -0.05) is 20.8 Å². The van der Waals surface area contributed by atoms with E-state index in [4.69, 9.17) is 11.5 Å². The van der Waals surface area contributed by atoms with E-state index in [1.807, 2.05) is 11.3 Å². The van der Waals surface area contributed by atoms with Gasteiger partial charge in [0, 0.05) is 9.75 Å². The second-order valence-electron chi connectivity index (χ2n) is 5.38. The van der Waals surface area contributed by atoms with Gasteiger partial charge in [-0.25, -0.2) is 0 Å². The molecule has 0 amide bonds. The van der Waals surface area contributed by atoms with E-state index >= 15 is 0 Å². The van der Waals surface area contributed by atoms with E-state index in [9.17, 15) is 0 Å². The lowest BCUT2D eigenvalue weighted by Crippen LogP contribution is -2.24. The standard InChI is InChI=1S/C14H26N2S/c1-10(2)6-13-4-5-14(17-13)11(3)7-12(8-15)9-16/h4-5,10-12H,6-9,15-16H2,1-3H3. The molecule has 3 heteroatoms. The van der Waals surface area contributed by atoms with Gasteiger partial charge >= 0.3 is 0 Å². The fraction of sp³-hybridized carbons (Fsp3) is 0.714. The molecule has 0 saturated heterocycles. The van der Waals surface area contributed by atoms with Crippen molar-refractivity contribution >= 4 is 11.3 Å². The molecule has 1 heterocycles. The van der Waals surface area contributed by atoms with Gasteiger partial charge in [-0.05, 0) is 55.8 Å². The number of thiophene rings is 1. The Morgan fingerprint density at radius 1 is 1.12 bits per heavy atom. The maximum Gasteiger partial charge on any atom is 0.00764 e. The van der Waals surface area contributed by atoms with Crippen LogP contribution in [0.25, 0.3) is 0 Å². The van der Waals surface area contributed by atoms with Crippen LogP contribution in [0.2, 0.25) is 0 Å². The van der Waals surface area contributed by atoms with E-state index in [2.05, 4.69) is 32.9 Å². The van der Waals surface area contributed by atoms with Gasteiger partial charge in [0.2, 0.25) is 0 Å². The molecule has 0 aromatic carbocycles. The minimum atomic E-state index is 0.459. The Balaban J connectivity index is 2.56. The predicted molar refractivity (Wildman–Crippen MR) is 77.5 cm³/mol. The van der Waals surface area contributed by atoms with E-state index in [-0.39, 0.29) is 0 Å². The van der Waals surface area contributed by atoms with Crippen molar-refractivity contribution in [2.75, 3.05) is 13.1 Å². The van der Waals surface area contributed by atoms with Crippen molar-refractivity contribution in [2.45, 2.75) is 39.5 Å². The van der Waals surface area contributed by atoms with Gasteiger partial charge in [-0.15, -0.1) is 11.3 Å². The second-order valence-corrected chi connectivity index (χ2v) is 6.58. The molecule has 0 bridgehead atoms. The highest BCUT2D eigenvalue weighted by Crippen LogP contribution is 2.30. The van der Waals surface area contributed by atoms with Gasteiger partial charge < -0.3 is 11.5 Å². The summed E-state index contributed by atoms with van der Waals surface area (Å²) in [7, 11) is 0. The quantitative estimate of drug-likeness (QED) is 0.786. The zero-order chi connectivity index (χ0) is 12.8. The fourth-order valence-electron chi connectivity index (χ4n) is 2.08. The van der Waals surface area contributed by atoms with E-state index < -0.39 is 0 Å². The largest absolute Gasteiger partial charge is 0.330 e. The topological polar surface area (TPSA) is 52.0 Å². The molecule has 0 aliphatic rings. The van der Waals surface area contributed by atoms with Crippen LogP contribution in [0.4, 0.5) is 0 Å². The smallest absolute Gasteiger partial charge is 0.00764 e. The van der Waals surface area contributed by atoms with Crippen LogP contribution in [-0.4, -0.2) is 13.1 Å². The Morgan fingerprint density at radius 3 is 2.29 bits per heavy atom. The molecule has 0 aliphatic carbocycles. The van der Waals surface area contributed by atoms with Crippen LogP contribution in [-0.2, 0) is 6.42 Å². The van der Waals surface area contributed by atoms with Crippen LogP contribution in [0.1, 0.15) is 42.9 Å². The summed E-state index contributed by atoms with van der Waals surface area (Å²) in [6, 6.07) is 4.55. The van der Waals surface area contributed by atoms with Crippen LogP contribution in [0.3, 0.4) is 0 Å². The summed E-state index contributed by atoms with van der Waals surface area (Å²) in [6.45, 7) is 8.21. The van der Waals surface area contributed by atoms with Gasteiger partial charge in [0.15, 0.2) is 0 Å². The third-order valence-corrected chi connectivity index (χ3v) is 4.47. The monoisotopic (exact) mass is 254 g/mol. The average Bonchev–Trinajstić information content (AvgIpc) is 2.73. The molecule has 0 radical (unpaired) electrons.